The number of ether oxygens (including phenoxy) is 1. The molecule has 96 valence electrons. The average molecular weight is 235 g/mol. The normalized spacial score (nSPS) is 13.0. The van der Waals surface area contributed by atoms with Crippen molar-refractivity contribution in [2.24, 2.45) is 0 Å². The first-order valence-electron chi connectivity index (χ1n) is 6.55. The summed E-state index contributed by atoms with van der Waals surface area (Å²) in [6.45, 7) is 10.2. The number of aryl methyl sites for hydroxylation is 1. The smallest absolute Gasteiger partial charge is 0.0664 e. The van der Waals surface area contributed by atoms with Crippen LogP contribution >= 0.6 is 0 Å². The molecule has 0 amide bonds. The van der Waals surface area contributed by atoms with Crippen LogP contribution in [0.3, 0.4) is 0 Å². The van der Waals surface area contributed by atoms with Gasteiger partial charge in [-0.1, -0.05) is 36.8 Å². The molecule has 0 aliphatic heterocycles. The topological polar surface area (TPSA) is 21.3 Å². The standard InChI is InChI=1S/C15H25NO/c1-5-10-16-15(11-17-12(2)3)14-8-6-13(4)7-9-14/h6-9,12,15-16H,5,10-11H2,1-4H3. The Labute approximate surface area is 105 Å². The zero-order chi connectivity index (χ0) is 12.7. The van der Waals surface area contributed by atoms with E-state index in [1.807, 2.05) is 0 Å². The molecule has 0 bridgehead atoms. The molecule has 0 aliphatic carbocycles. The van der Waals surface area contributed by atoms with Gasteiger partial charge in [-0.2, -0.15) is 0 Å². The highest BCUT2D eigenvalue weighted by Gasteiger charge is 2.11. The number of hydrogen-bond acceptors (Lipinski definition) is 2. The quantitative estimate of drug-likeness (QED) is 0.781. The Kier molecular flexibility index (Phi) is 6.23. The average Bonchev–Trinajstić information content (AvgIpc) is 2.30. The first-order chi connectivity index (χ1) is 8.13. The maximum atomic E-state index is 5.72. The van der Waals surface area contributed by atoms with Gasteiger partial charge in [-0.05, 0) is 39.3 Å². The summed E-state index contributed by atoms with van der Waals surface area (Å²) < 4.78 is 5.72. The second-order valence-corrected chi connectivity index (χ2v) is 4.80. The lowest BCUT2D eigenvalue weighted by Crippen LogP contribution is -2.27. The van der Waals surface area contributed by atoms with Gasteiger partial charge in [0.15, 0.2) is 0 Å². The molecular weight excluding hydrogens is 210 g/mol. The highest BCUT2D eigenvalue weighted by atomic mass is 16.5. The van der Waals surface area contributed by atoms with E-state index >= 15 is 0 Å². The summed E-state index contributed by atoms with van der Waals surface area (Å²) in [5, 5.41) is 3.54. The Morgan fingerprint density at radius 2 is 1.82 bits per heavy atom. The maximum Gasteiger partial charge on any atom is 0.0664 e. The van der Waals surface area contributed by atoms with Crippen molar-refractivity contribution in [1.29, 1.82) is 0 Å². The van der Waals surface area contributed by atoms with Gasteiger partial charge >= 0.3 is 0 Å². The van der Waals surface area contributed by atoms with Crippen LogP contribution in [-0.2, 0) is 4.74 Å². The van der Waals surface area contributed by atoms with Crippen molar-refractivity contribution in [1.82, 2.24) is 5.32 Å². The molecule has 1 rings (SSSR count). The minimum atomic E-state index is 0.284. The Balaban J connectivity index is 2.63. The van der Waals surface area contributed by atoms with E-state index in [-0.39, 0.29) is 6.10 Å². The van der Waals surface area contributed by atoms with E-state index in [1.165, 1.54) is 11.1 Å². The molecule has 1 atom stereocenters. The summed E-state index contributed by atoms with van der Waals surface area (Å²) in [4.78, 5) is 0. The van der Waals surface area contributed by atoms with Crippen molar-refractivity contribution in [3.8, 4) is 0 Å². The minimum absolute atomic E-state index is 0.284. The van der Waals surface area contributed by atoms with Crippen LogP contribution in [0.5, 0.6) is 0 Å². The van der Waals surface area contributed by atoms with E-state index in [2.05, 4.69) is 57.3 Å². The Hall–Kier alpha value is -0.860. The van der Waals surface area contributed by atoms with Gasteiger partial charge < -0.3 is 10.1 Å². The molecule has 0 radical (unpaired) electrons. The summed E-state index contributed by atoms with van der Waals surface area (Å²) in [5.41, 5.74) is 2.61. The van der Waals surface area contributed by atoms with E-state index < -0.39 is 0 Å². The molecule has 17 heavy (non-hydrogen) atoms. The molecule has 0 spiro atoms. The van der Waals surface area contributed by atoms with Crippen molar-refractivity contribution >= 4 is 0 Å². The molecule has 1 aromatic rings. The van der Waals surface area contributed by atoms with E-state index in [0.29, 0.717) is 6.04 Å². The molecular formula is C15H25NO. The third kappa shape index (κ3) is 5.33. The fraction of sp³-hybridized carbons (Fsp3) is 0.600. The molecule has 2 heteroatoms. The van der Waals surface area contributed by atoms with Crippen molar-refractivity contribution in [3.63, 3.8) is 0 Å². The van der Waals surface area contributed by atoms with Crippen molar-refractivity contribution < 1.29 is 4.74 Å². The third-order valence-corrected chi connectivity index (χ3v) is 2.72. The van der Waals surface area contributed by atoms with E-state index in [4.69, 9.17) is 4.74 Å². The number of nitrogens with one attached hydrogen (secondary N) is 1. The molecule has 0 fully saturated rings. The summed E-state index contributed by atoms with van der Waals surface area (Å²) in [7, 11) is 0. The first-order valence-corrected chi connectivity index (χ1v) is 6.55. The summed E-state index contributed by atoms with van der Waals surface area (Å²) in [5.74, 6) is 0. The molecule has 1 N–H and O–H groups in total. The van der Waals surface area contributed by atoms with Gasteiger partial charge in [-0.25, -0.2) is 0 Å². The second kappa shape index (κ2) is 7.46. The number of benzene rings is 1. The second-order valence-electron chi connectivity index (χ2n) is 4.80. The van der Waals surface area contributed by atoms with Crippen LogP contribution in [0.2, 0.25) is 0 Å². The van der Waals surface area contributed by atoms with Gasteiger partial charge in [0.2, 0.25) is 0 Å². The minimum Gasteiger partial charge on any atom is -0.377 e. The van der Waals surface area contributed by atoms with E-state index in [1.54, 1.807) is 0 Å². The SMILES string of the molecule is CCCNC(COC(C)C)c1ccc(C)cc1. The van der Waals surface area contributed by atoms with Gasteiger partial charge in [-0.3, -0.25) is 0 Å². The van der Waals surface area contributed by atoms with Gasteiger partial charge in [0.1, 0.15) is 0 Å². The van der Waals surface area contributed by atoms with Gasteiger partial charge in [0, 0.05) is 0 Å². The molecule has 0 heterocycles. The van der Waals surface area contributed by atoms with Crippen LogP contribution in [-0.4, -0.2) is 19.3 Å². The Morgan fingerprint density at radius 3 is 2.35 bits per heavy atom. The summed E-state index contributed by atoms with van der Waals surface area (Å²) >= 11 is 0. The molecule has 1 aromatic carbocycles. The van der Waals surface area contributed by atoms with Crippen LogP contribution in [0.25, 0.3) is 0 Å². The molecule has 1 unspecified atom stereocenters. The first kappa shape index (κ1) is 14.2. The van der Waals surface area contributed by atoms with Crippen LogP contribution in [0.15, 0.2) is 24.3 Å². The van der Waals surface area contributed by atoms with Crippen molar-refractivity contribution in [2.75, 3.05) is 13.2 Å². The molecule has 0 saturated carbocycles. The zero-order valence-electron chi connectivity index (χ0n) is 11.5. The molecule has 0 saturated heterocycles. The molecule has 0 aromatic heterocycles. The fourth-order valence-electron chi connectivity index (χ4n) is 1.68. The lowest BCUT2D eigenvalue weighted by atomic mass is 10.1. The lowest BCUT2D eigenvalue weighted by Gasteiger charge is -2.20. The van der Waals surface area contributed by atoms with Crippen molar-refractivity contribution in [2.45, 2.75) is 46.3 Å². The van der Waals surface area contributed by atoms with Crippen LogP contribution in [0, 0.1) is 6.92 Å². The highest BCUT2D eigenvalue weighted by Crippen LogP contribution is 2.15. The van der Waals surface area contributed by atoms with Gasteiger partial charge in [0.05, 0.1) is 18.8 Å². The third-order valence-electron chi connectivity index (χ3n) is 2.72. The van der Waals surface area contributed by atoms with Gasteiger partial charge in [-0.15, -0.1) is 0 Å². The number of hydrogen-bond donors (Lipinski definition) is 1. The zero-order valence-corrected chi connectivity index (χ0v) is 11.5. The summed E-state index contributed by atoms with van der Waals surface area (Å²) in [6.07, 6.45) is 1.43. The summed E-state index contributed by atoms with van der Waals surface area (Å²) in [6, 6.07) is 8.99. The molecule has 2 nitrogen and oxygen atoms in total. The number of rotatable bonds is 7. The maximum absolute atomic E-state index is 5.72. The monoisotopic (exact) mass is 235 g/mol. The largest absolute Gasteiger partial charge is 0.377 e. The van der Waals surface area contributed by atoms with Gasteiger partial charge in [0.25, 0.3) is 0 Å². The lowest BCUT2D eigenvalue weighted by molar-refractivity contribution is 0.0611. The molecule has 0 aliphatic rings. The van der Waals surface area contributed by atoms with Crippen LogP contribution in [0.1, 0.15) is 44.4 Å². The van der Waals surface area contributed by atoms with Crippen molar-refractivity contribution in [3.05, 3.63) is 35.4 Å². The highest BCUT2D eigenvalue weighted by molar-refractivity contribution is 5.24. The predicted molar refractivity (Wildman–Crippen MR) is 73.3 cm³/mol. The van der Waals surface area contributed by atoms with E-state index in [0.717, 1.165) is 19.6 Å². The van der Waals surface area contributed by atoms with Crippen LogP contribution < -0.4 is 5.32 Å². The van der Waals surface area contributed by atoms with E-state index in [9.17, 15) is 0 Å². The Bertz CT molecular complexity index is 305. The predicted octanol–water partition coefficient (Wildman–Crippen LogP) is 3.46. The fourth-order valence-corrected chi connectivity index (χ4v) is 1.68. The Morgan fingerprint density at radius 1 is 1.18 bits per heavy atom. The van der Waals surface area contributed by atoms with Crippen LogP contribution in [0.4, 0.5) is 0 Å².